The molecule has 1 saturated heterocycles. The first-order chi connectivity index (χ1) is 11.1. The molecule has 1 aliphatic carbocycles. The molecule has 1 aromatic rings. The average molecular weight is 506 g/mol. The first kappa shape index (κ1) is 21.1. The Bertz CT molecular complexity index is 524. The van der Waals surface area contributed by atoms with Gasteiger partial charge < -0.3 is 10.4 Å². The molecular formula is C20H27IrNO2-2. The second kappa shape index (κ2) is 10.8. The Morgan fingerprint density at radius 1 is 1.25 bits per heavy atom. The standard InChI is InChI=1S/C15H19N.C5H8O2.Ir/c1-2-7-13(8-3-1)15-14-9-5-4-6-12(14)10-11-16-15;1-4(6)3-5(2)7;/h1-3,7,12,14-15H,4-6,9-11H2;3,6H,1-2H3;/q-2;;/b;4-3-;. The summed E-state index contributed by atoms with van der Waals surface area (Å²) in [5, 5.41) is 13.2. The SMILES string of the molecule is CC(=O)/C=C(/C)O.[Ir].[c-]1ccccc1C1[N-]CCC2CCCCC21. The topological polar surface area (TPSA) is 51.4 Å². The van der Waals surface area contributed by atoms with Gasteiger partial charge in [0.25, 0.3) is 0 Å². The van der Waals surface area contributed by atoms with Crippen molar-refractivity contribution < 1.29 is 30.0 Å². The number of aliphatic hydroxyl groups excluding tert-OH is 1. The summed E-state index contributed by atoms with van der Waals surface area (Å²) < 4.78 is 0. The Labute approximate surface area is 159 Å². The van der Waals surface area contributed by atoms with E-state index in [9.17, 15) is 4.79 Å². The number of hydrogen-bond donors (Lipinski definition) is 1. The Morgan fingerprint density at radius 3 is 2.58 bits per heavy atom. The Hall–Kier alpha value is -0.961. The van der Waals surface area contributed by atoms with E-state index in [0.29, 0.717) is 6.04 Å². The van der Waals surface area contributed by atoms with Crippen LogP contribution in [0.2, 0.25) is 0 Å². The van der Waals surface area contributed by atoms with Crippen molar-refractivity contribution >= 4 is 5.78 Å². The van der Waals surface area contributed by atoms with Gasteiger partial charge in [-0.2, -0.15) is 35.9 Å². The van der Waals surface area contributed by atoms with E-state index in [0.717, 1.165) is 18.4 Å². The maximum absolute atomic E-state index is 10.0. The monoisotopic (exact) mass is 506 g/mol. The number of benzene rings is 1. The van der Waals surface area contributed by atoms with Crippen molar-refractivity contribution in [2.75, 3.05) is 6.54 Å². The molecular weight excluding hydrogens is 478 g/mol. The molecule has 0 amide bonds. The van der Waals surface area contributed by atoms with Crippen molar-refractivity contribution in [3.8, 4) is 0 Å². The van der Waals surface area contributed by atoms with Crippen LogP contribution < -0.4 is 0 Å². The fourth-order valence-electron chi connectivity index (χ4n) is 3.74. The molecule has 1 saturated carbocycles. The smallest absolute Gasteiger partial charge is 0.155 e. The largest absolute Gasteiger partial charge is 0.657 e. The molecule has 0 bridgehead atoms. The minimum absolute atomic E-state index is 0. The van der Waals surface area contributed by atoms with Gasteiger partial charge in [-0.05, 0) is 19.8 Å². The van der Waals surface area contributed by atoms with E-state index < -0.39 is 0 Å². The second-order valence-electron chi connectivity index (χ2n) is 6.56. The number of allylic oxidation sites excluding steroid dienone is 2. The first-order valence-electron chi connectivity index (χ1n) is 8.59. The van der Waals surface area contributed by atoms with Crippen molar-refractivity contribution in [2.45, 2.75) is 52.0 Å². The van der Waals surface area contributed by atoms with Crippen LogP contribution in [0.3, 0.4) is 0 Å². The van der Waals surface area contributed by atoms with Crippen molar-refractivity contribution in [3.63, 3.8) is 0 Å². The van der Waals surface area contributed by atoms with E-state index in [2.05, 4.69) is 18.2 Å². The molecule has 3 nitrogen and oxygen atoms in total. The van der Waals surface area contributed by atoms with Crippen LogP contribution in [0.5, 0.6) is 0 Å². The molecule has 1 N–H and O–H groups in total. The maximum Gasteiger partial charge on any atom is 0.155 e. The second-order valence-corrected chi connectivity index (χ2v) is 6.56. The van der Waals surface area contributed by atoms with Gasteiger partial charge in [0.15, 0.2) is 5.78 Å². The Balaban J connectivity index is 0.000000312. The van der Waals surface area contributed by atoms with Gasteiger partial charge in [0.1, 0.15) is 0 Å². The van der Waals surface area contributed by atoms with Crippen LogP contribution in [0.1, 0.15) is 57.6 Å². The van der Waals surface area contributed by atoms with E-state index >= 15 is 0 Å². The molecule has 4 heteroatoms. The molecule has 3 atom stereocenters. The zero-order chi connectivity index (χ0) is 16.7. The van der Waals surface area contributed by atoms with Crippen LogP contribution in [-0.4, -0.2) is 17.4 Å². The third kappa shape index (κ3) is 6.50. The van der Waals surface area contributed by atoms with E-state index in [1.165, 1.54) is 57.6 Å². The molecule has 0 aromatic heterocycles. The molecule has 0 spiro atoms. The van der Waals surface area contributed by atoms with Crippen molar-refractivity contribution in [3.05, 3.63) is 53.0 Å². The van der Waals surface area contributed by atoms with Crippen LogP contribution in [0.4, 0.5) is 0 Å². The van der Waals surface area contributed by atoms with Gasteiger partial charge in [0.05, 0.1) is 5.76 Å². The van der Waals surface area contributed by atoms with Crippen molar-refractivity contribution in [2.24, 2.45) is 11.8 Å². The minimum atomic E-state index is -0.125. The van der Waals surface area contributed by atoms with E-state index in [-0.39, 0.29) is 31.6 Å². The van der Waals surface area contributed by atoms with Gasteiger partial charge in [-0.1, -0.05) is 38.0 Å². The predicted octanol–water partition coefficient (Wildman–Crippen LogP) is 5.15. The molecule has 2 fully saturated rings. The van der Waals surface area contributed by atoms with Gasteiger partial charge in [-0.3, -0.25) is 4.79 Å². The van der Waals surface area contributed by atoms with Crippen LogP contribution in [-0.2, 0) is 24.9 Å². The molecule has 1 aliphatic heterocycles. The van der Waals surface area contributed by atoms with Gasteiger partial charge in [0, 0.05) is 26.2 Å². The molecule has 135 valence electrons. The van der Waals surface area contributed by atoms with Gasteiger partial charge >= 0.3 is 0 Å². The third-order valence-electron chi connectivity index (χ3n) is 4.66. The number of hydrogen-bond acceptors (Lipinski definition) is 2. The van der Waals surface area contributed by atoms with Gasteiger partial charge in [-0.15, -0.1) is 12.6 Å². The normalized spacial score (nSPS) is 26.2. The van der Waals surface area contributed by atoms with Crippen LogP contribution in [0.15, 0.2) is 36.1 Å². The number of piperidine rings is 1. The molecule has 2 aliphatic rings. The minimum Gasteiger partial charge on any atom is -0.657 e. The number of nitrogens with zero attached hydrogens (tertiary/aromatic N) is 1. The Morgan fingerprint density at radius 2 is 2.00 bits per heavy atom. The number of aliphatic hydroxyl groups is 1. The fourth-order valence-corrected chi connectivity index (χ4v) is 3.74. The summed E-state index contributed by atoms with van der Waals surface area (Å²) in [6, 6.07) is 12.2. The number of rotatable bonds is 2. The van der Waals surface area contributed by atoms with Gasteiger partial charge in [0.2, 0.25) is 0 Å². The zero-order valence-corrected chi connectivity index (χ0v) is 16.9. The van der Waals surface area contributed by atoms with E-state index in [1.54, 1.807) is 0 Å². The van der Waals surface area contributed by atoms with Gasteiger partial charge in [-0.25, -0.2) is 0 Å². The molecule has 24 heavy (non-hydrogen) atoms. The maximum atomic E-state index is 10.0. The summed E-state index contributed by atoms with van der Waals surface area (Å²) >= 11 is 0. The van der Waals surface area contributed by atoms with Crippen LogP contribution in [0, 0.1) is 17.9 Å². The number of ketones is 1. The number of carbonyl (C=O) groups is 1. The zero-order valence-electron chi connectivity index (χ0n) is 14.5. The molecule has 1 radical (unpaired) electrons. The van der Waals surface area contributed by atoms with Crippen molar-refractivity contribution in [1.29, 1.82) is 0 Å². The fraction of sp³-hybridized carbons (Fsp3) is 0.550. The number of fused-ring (bicyclic) bond motifs is 1. The predicted molar refractivity (Wildman–Crippen MR) is 93.4 cm³/mol. The van der Waals surface area contributed by atoms with E-state index in [4.69, 9.17) is 10.4 Å². The number of carbonyl (C=O) groups excluding carboxylic acids is 1. The summed E-state index contributed by atoms with van der Waals surface area (Å²) in [7, 11) is 0. The van der Waals surface area contributed by atoms with E-state index in [1.807, 2.05) is 12.1 Å². The average Bonchev–Trinajstić information content (AvgIpc) is 2.54. The summed E-state index contributed by atoms with van der Waals surface area (Å²) in [4.78, 5) is 10.0. The van der Waals surface area contributed by atoms with Crippen LogP contribution in [0.25, 0.3) is 5.32 Å². The van der Waals surface area contributed by atoms with Crippen molar-refractivity contribution in [1.82, 2.24) is 0 Å². The molecule has 3 unspecified atom stereocenters. The summed E-state index contributed by atoms with van der Waals surface area (Å²) in [6.45, 7) is 3.91. The molecule has 1 heterocycles. The molecule has 1 aromatic carbocycles. The summed E-state index contributed by atoms with van der Waals surface area (Å²) in [5.41, 5.74) is 1.32. The van der Waals surface area contributed by atoms with Crippen LogP contribution >= 0.6 is 0 Å². The third-order valence-corrected chi connectivity index (χ3v) is 4.66. The quantitative estimate of drug-likeness (QED) is 0.344. The summed E-state index contributed by atoms with van der Waals surface area (Å²) in [5.74, 6) is 1.68. The summed E-state index contributed by atoms with van der Waals surface area (Å²) in [6.07, 6.45) is 8.14. The Kier molecular flexibility index (Phi) is 9.50. The molecule has 3 rings (SSSR count). The first-order valence-corrected chi connectivity index (χ1v) is 8.59.